The molecule has 0 saturated carbocycles. The fourth-order valence-corrected chi connectivity index (χ4v) is 1.07. The van der Waals surface area contributed by atoms with Gasteiger partial charge in [0.15, 0.2) is 6.29 Å². The lowest BCUT2D eigenvalue weighted by Crippen LogP contribution is -1.99. The lowest BCUT2D eigenvalue weighted by Gasteiger charge is -2.07. The second kappa shape index (κ2) is 5.37. The van der Waals surface area contributed by atoms with Crippen LogP contribution in [-0.2, 0) is 0 Å². The Morgan fingerprint density at radius 2 is 2.29 bits per heavy atom. The molecule has 1 aromatic carbocycles. The van der Waals surface area contributed by atoms with Crippen molar-refractivity contribution < 1.29 is 13.9 Å². The van der Waals surface area contributed by atoms with Crippen molar-refractivity contribution in [3.8, 4) is 5.75 Å². The molecule has 0 aromatic heterocycles. The van der Waals surface area contributed by atoms with E-state index in [1.54, 1.807) is 0 Å². The Morgan fingerprint density at radius 1 is 1.50 bits per heavy atom. The molecule has 0 bridgehead atoms. The monoisotopic (exact) mass is 196 g/mol. The number of unbranched alkanes of at least 4 members (excludes halogenated alkanes) is 1. The summed E-state index contributed by atoms with van der Waals surface area (Å²) in [6.45, 7) is 2.61. The first-order chi connectivity index (χ1) is 6.77. The maximum Gasteiger partial charge on any atom is 0.153 e. The van der Waals surface area contributed by atoms with Crippen LogP contribution in [0.4, 0.5) is 4.39 Å². The molecule has 0 fully saturated rings. The summed E-state index contributed by atoms with van der Waals surface area (Å²) < 4.78 is 18.0. The molecule has 2 nitrogen and oxygen atoms in total. The molecule has 0 saturated heterocycles. The van der Waals surface area contributed by atoms with Crippen LogP contribution in [0.5, 0.6) is 5.75 Å². The predicted molar refractivity (Wildman–Crippen MR) is 52.2 cm³/mol. The van der Waals surface area contributed by atoms with Gasteiger partial charge in [0.1, 0.15) is 11.6 Å². The smallest absolute Gasteiger partial charge is 0.153 e. The molecule has 0 atom stereocenters. The number of ether oxygens (including phenoxy) is 1. The van der Waals surface area contributed by atoms with Crippen molar-refractivity contribution in [2.24, 2.45) is 0 Å². The number of rotatable bonds is 5. The number of aldehydes is 1. The highest BCUT2D eigenvalue weighted by Gasteiger charge is 2.03. The topological polar surface area (TPSA) is 26.3 Å². The number of carbonyl (C=O) groups is 1. The van der Waals surface area contributed by atoms with Crippen LogP contribution in [0.1, 0.15) is 30.1 Å². The fraction of sp³-hybridized carbons (Fsp3) is 0.364. The Hall–Kier alpha value is -1.38. The molecule has 0 spiro atoms. The number of carbonyl (C=O) groups excluding carboxylic acids is 1. The molecule has 0 aliphatic carbocycles. The van der Waals surface area contributed by atoms with Crippen molar-refractivity contribution in [2.45, 2.75) is 19.8 Å². The normalized spacial score (nSPS) is 9.86. The first-order valence-electron chi connectivity index (χ1n) is 4.65. The Labute approximate surface area is 82.7 Å². The Morgan fingerprint density at radius 3 is 2.93 bits per heavy atom. The van der Waals surface area contributed by atoms with E-state index in [1.807, 2.05) is 0 Å². The molecule has 1 rings (SSSR count). The minimum Gasteiger partial charge on any atom is -0.493 e. The van der Waals surface area contributed by atoms with Crippen LogP contribution >= 0.6 is 0 Å². The summed E-state index contributed by atoms with van der Waals surface area (Å²) in [6, 6.07) is 3.94. The van der Waals surface area contributed by atoms with Gasteiger partial charge in [0, 0.05) is 0 Å². The van der Waals surface area contributed by atoms with Crippen molar-refractivity contribution >= 4 is 6.29 Å². The average molecular weight is 196 g/mol. The van der Waals surface area contributed by atoms with E-state index < -0.39 is 5.82 Å². The third kappa shape index (κ3) is 2.83. The maximum absolute atomic E-state index is 12.7. The van der Waals surface area contributed by atoms with Crippen LogP contribution < -0.4 is 4.74 Å². The van der Waals surface area contributed by atoms with Gasteiger partial charge >= 0.3 is 0 Å². The molecular formula is C11H13FO2. The van der Waals surface area contributed by atoms with Crippen LogP contribution in [0.2, 0.25) is 0 Å². The molecule has 0 radical (unpaired) electrons. The van der Waals surface area contributed by atoms with E-state index >= 15 is 0 Å². The number of halogens is 1. The van der Waals surface area contributed by atoms with E-state index in [-0.39, 0.29) is 5.56 Å². The number of hydrogen-bond donors (Lipinski definition) is 0. The summed E-state index contributed by atoms with van der Waals surface area (Å²) in [6.07, 6.45) is 2.55. The summed E-state index contributed by atoms with van der Waals surface area (Å²) in [5.74, 6) is 0.0322. The van der Waals surface area contributed by atoms with Gasteiger partial charge in [0.05, 0.1) is 12.2 Å². The SMILES string of the molecule is CCCCOc1ccc(F)cc1C=O. The van der Waals surface area contributed by atoms with E-state index in [0.717, 1.165) is 12.8 Å². The van der Waals surface area contributed by atoms with Gasteiger partial charge < -0.3 is 4.74 Å². The van der Waals surface area contributed by atoms with E-state index in [9.17, 15) is 9.18 Å². The number of hydrogen-bond acceptors (Lipinski definition) is 2. The van der Waals surface area contributed by atoms with Crippen molar-refractivity contribution in [1.29, 1.82) is 0 Å². The fourth-order valence-electron chi connectivity index (χ4n) is 1.07. The number of benzene rings is 1. The van der Waals surface area contributed by atoms with Crippen molar-refractivity contribution in [2.75, 3.05) is 6.61 Å². The van der Waals surface area contributed by atoms with Crippen LogP contribution in [0.25, 0.3) is 0 Å². The largest absolute Gasteiger partial charge is 0.493 e. The molecule has 0 aliphatic heterocycles. The summed E-state index contributed by atoms with van der Waals surface area (Å²) in [5, 5.41) is 0. The molecule has 0 amide bonds. The zero-order valence-electron chi connectivity index (χ0n) is 8.13. The van der Waals surface area contributed by atoms with Crippen molar-refractivity contribution in [3.63, 3.8) is 0 Å². The lowest BCUT2D eigenvalue weighted by molar-refractivity contribution is 0.111. The first-order valence-corrected chi connectivity index (χ1v) is 4.65. The Balaban J connectivity index is 2.70. The van der Waals surface area contributed by atoms with Crippen molar-refractivity contribution in [1.82, 2.24) is 0 Å². The van der Waals surface area contributed by atoms with Crippen LogP contribution in [0, 0.1) is 5.82 Å². The van der Waals surface area contributed by atoms with Gasteiger partial charge in [-0.1, -0.05) is 13.3 Å². The molecule has 3 heteroatoms. The molecule has 0 N–H and O–H groups in total. The lowest BCUT2D eigenvalue weighted by atomic mass is 10.2. The van der Waals surface area contributed by atoms with Crippen molar-refractivity contribution in [3.05, 3.63) is 29.6 Å². The van der Waals surface area contributed by atoms with Gasteiger partial charge in [-0.15, -0.1) is 0 Å². The summed E-state index contributed by atoms with van der Waals surface area (Å²) in [5.41, 5.74) is 0.265. The van der Waals surface area contributed by atoms with Crippen LogP contribution in [0.15, 0.2) is 18.2 Å². The molecular weight excluding hydrogens is 183 g/mol. The molecule has 0 heterocycles. The van der Waals surface area contributed by atoms with Gasteiger partial charge in [-0.25, -0.2) is 4.39 Å². The quantitative estimate of drug-likeness (QED) is 0.534. The molecule has 1 aromatic rings. The highest BCUT2D eigenvalue weighted by Crippen LogP contribution is 2.17. The Kier molecular flexibility index (Phi) is 4.11. The summed E-state index contributed by atoms with van der Waals surface area (Å²) >= 11 is 0. The van der Waals surface area contributed by atoms with Gasteiger partial charge in [0.25, 0.3) is 0 Å². The van der Waals surface area contributed by atoms with Crippen LogP contribution in [0.3, 0.4) is 0 Å². The molecule has 0 aliphatic rings. The second-order valence-corrected chi connectivity index (χ2v) is 3.00. The predicted octanol–water partition coefficient (Wildman–Crippen LogP) is 2.82. The Bertz CT molecular complexity index is 310. The summed E-state index contributed by atoms with van der Waals surface area (Å²) in [7, 11) is 0. The summed E-state index contributed by atoms with van der Waals surface area (Å²) in [4.78, 5) is 10.6. The van der Waals surface area contributed by atoms with Gasteiger partial charge in [-0.2, -0.15) is 0 Å². The first kappa shape index (κ1) is 10.7. The minimum atomic E-state index is -0.421. The highest BCUT2D eigenvalue weighted by molar-refractivity contribution is 5.79. The zero-order valence-corrected chi connectivity index (χ0v) is 8.13. The third-order valence-corrected chi connectivity index (χ3v) is 1.85. The minimum absolute atomic E-state index is 0.265. The highest BCUT2D eigenvalue weighted by atomic mass is 19.1. The van der Waals surface area contributed by atoms with Gasteiger partial charge in [-0.05, 0) is 24.6 Å². The molecule has 76 valence electrons. The van der Waals surface area contributed by atoms with Crippen LogP contribution in [-0.4, -0.2) is 12.9 Å². The van der Waals surface area contributed by atoms with E-state index in [0.29, 0.717) is 18.6 Å². The van der Waals surface area contributed by atoms with Gasteiger partial charge in [0.2, 0.25) is 0 Å². The van der Waals surface area contributed by atoms with E-state index in [4.69, 9.17) is 4.74 Å². The second-order valence-electron chi connectivity index (χ2n) is 3.00. The maximum atomic E-state index is 12.7. The van der Waals surface area contributed by atoms with Gasteiger partial charge in [-0.3, -0.25) is 4.79 Å². The zero-order chi connectivity index (χ0) is 10.4. The average Bonchev–Trinajstić information content (AvgIpc) is 2.20. The standard InChI is InChI=1S/C11H13FO2/c1-2-3-6-14-11-5-4-10(12)7-9(11)8-13/h4-5,7-8H,2-3,6H2,1H3. The molecule has 14 heavy (non-hydrogen) atoms. The molecule has 0 unspecified atom stereocenters. The van der Waals surface area contributed by atoms with E-state index in [1.165, 1.54) is 18.2 Å². The van der Waals surface area contributed by atoms with E-state index in [2.05, 4.69) is 6.92 Å². The third-order valence-electron chi connectivity index (χ3n) is 1.85.